The third-order valence-electron chi connectivity index (χ3n) is 6.43. The molecule has 0 saturated heterocycles. The van der Waals surface area contributed by atoms with Crippen LogP contribution in [0.2, 0.25) is 5.02 Å². The van der Waals surface area contributed by atoms with Gasteiger partial charge in [-0.1, -0.05) is 36.6 Å². The van der Waals surface area contributed by atoms with E-state index >= 15 is 0 Å². The highest BCUT2D eigenvalue weighted by Gasteiger charge is 2.64. The van der Waals surface area contributed by atoms with Crippen molar-refractivity contribution in [3.05, 3.63) is 53.1 Å². The predicted molar refractivity (Wildman–Crippen MR) is 111 cm³/mol. The molecule has 2 aromatic rings. The van der Waals surface area contributed by atoms with Crippen LogP contribution < -0.4 is 15.2 Å². The maximum atomic E-state index is 11.5. The minimum Gasteiger partial charge on any atom is -0.495 e. The molecule has 2 saturated carbocycles. The fourth-order valence-corrected chi connectivity index (χ4v) is 5.77. The molecule has 2 aliphatic rings. The van der Waals surface area contributed by atoms with Gasteiger partial charge >= 0.3 is 0 Å². The van der Waals surface area contributed by atoms with Crippen molar-refractivity contribution in [2.75, 3.05) is 19.0 Å². The van der Waals surface area contributed by atoms with Crippen LogP contribution in [0, 0.1) is 11.3 Å². The summed E-state index contributed by atoms with van der Waals surface area (Å²) in [6, 6.07) is 12.7. The smallest absolute Gasteiger partial charge is 0.238 e. The van der Waals surface area contributed by atoms with Gasteiger partial charge in [-0.05, 0) is 66.0 Å². The maximum Gasteiger partial charge on any atom is 0.238 e. The number of hydrogen-bond donors (Lipinski definition) is 2. The minimum atomic E-state index is -3.66. The first-order valence-corrected chi connectivity index (χ1v) is 11.5. The third-order valence-corrected chi connectivity index (χ3v) is 7.59. The molecule has 0 aromatic heterocycles. The number of anilines is 1. The Labute approximate surface area is 171 Å². The summed E-state index contributed by atoms with van der Waals surface area (Å²) in [5, 5.41) is 9.43. The van der Waals surface area contributed by atoms with Gasteiger partial charge in [0.25, 0.3) is 0 Å². The van der Waals surface area contributed by atoms with Gasteiger partial charge in [0, 0.05) is 11.6 Å². The molecule has 0 radical (unpaired) electrons. The molecule has 28 heavy (non-hydrogen) atoms. The molecule has 3 N–H and O–H groups in total. The molecule has 0 aliphatic heterocycles. The van der Waals surface area contributed by atoms with Crippen molar-refractivity contribution < 1.29 is 13.2 Å². The van der Waals surface area contributed by atoms with Gasteiger partial charge in [0.05, 0.1) is 17.7 Å². The molecule has 7 heteroatoms. The van der Waals surface area contributed by atoms with Crippen molar-refractivity contribution in [3.63, 3.8) is 0 Å². The fourth-order valence-electron chi connectivity index (χ4n) is 5.08. The van der Waals surface area contributed by atoms with Gasteiger partial charge in [-0.2, -0.15) is 0 Å². The van der Waals surface area contributed by atoms with Gasteiger partial charge in [0.1, 0.15) is 5.75 Å². The van der Waals surface area contributed by atoms with Crippen LogP contribution in [0.5, 0.6) is 5.75 Å². The van der Waals surface area contributed by atoms with Crippen LogP contribution in [0.3, 0.4) is 0 Å². The summed E-state index contributed by atoms with van der Waals surface area (Å²) in [4.78, 5) is 0.163. The Kier molecular flexibility index (Phi) is 5.06. The molecule has 0 unspecified atom stereocenters. The van der Waals surface area contributed by atoms with Crippen molar-refractivity contribution in [2.45, 2.75) is 36.5 Å². The molecule has 5 nitrogen and oxygen atoms in total. The second kappa shape index (κ2) is 7.25. The molecule has 0 heterocycles. The van der Waals surface area contributed by atoms with Crippen molar-refractivity contribution in [3.8, 4) is 5.75 Å². The lowest BCUT2D eigenvalue weighted by Gasteiger charge is -2.13. The molecular weight excluding hydrogens is 396 g/mol. The monoisotopic (exact) mass is 420 g/mol. The van der Waals surface area contributed by atoms with E-state index in [0.29, 0.717) is 22.3 Å². The third kappa shape index (κ3) is 3.49. The van der Waals surface area contributed by atoms with Crippen LogP contribution in [-0.2, 0) is 10.0 Å². The SMILES string of the molecule is COc1ccc(Cl)cc1NC[C@@H]1[C@@H](c2ccc(S(N)(=O)=O)cc2)C12CCCC2. The molecule has 150 valence electrons. The van der Waals surface area contributed by atoms with E-state index in [9.17, 15) is 8.42 Å². The highest BCUT2D eigenvalue weighted by Crippen LogP contribution is 2.72. The van der Waals surface area contributed by atoms with E-state index in [2.05, 4.69) is 5.32 Å². The number of benzene rings is 2. The lowest BCUT2D eigenvalue weighted by molar-refractivity contribution is 0.416. The van der Waals surface area contributed by atoms with E-state index in [1.165, 1.54) is 31.2 Å². The number of methoxy groups -OCH3 is 1. The van der Waals surface area contributed by atoms with Crippen LogP contribution in [0.1, 0.15) is 37.2 Å². The fraction of sp³-hybridized carbons (Fsp3) is 0.429. The molecule has 2 aliphatic carbocycles. The molecular formula is C21H25ClN2O3S. The normalized spacial score (nSPS) is 23.0. The molecule has 1 spiro atoms. The topological polar surface area (TPSA) is 81.4 Å². The Morgan fingerprint density at radius 1 is 1.18 bits per heavy atom. The van der Waals surface area contributed by atoms with Crippen LogP contribution >= 0.6 is 11.6 Å². The van der Waals surface area contributed by atoms with Gasteiger partial charge in [-0.25, -0.2) is 13.6 Å². The summed E-state index contributed by atoms with van der Waals surface area (Å²) in [7, 11) is -2.01. The van der Waals surface area contributed by atoms with E-state index in [-0.39, 0.29) is 4.90 Å². The first-order chi connectivity index (χ1) is 13.3. The maximum absolute atomic E-state index is 11.5. The second-order valence-corrected chi connectivity index (χ2v) is 9.86. The van der Waals surface area contributed by atoms with Gasteiger partial charge in [0.15, 0.2) is 0 Å². The number of halogens is 1. The lowest BCUT2D eigenvalue weighted by Crippen LogP contribution is -2.11. The van der Waals surface area contributed by atoms with E-state index in [1.54, 1.807) is 19.2 Å². The number of nitrogens with one attached hydrogen (secondary N) is 1. The van der Waals surface area contributed by atoms with Gasteiger partial charge in [-0.15, -0.1) is 0 Å². The van der Waals surface area contributed by atoms with Crippen LogP contribution in [-0.4, -0.2) is 22.1 Å². The Morgan fingerprint density at radius 2 is 1.86 bits per heavy atom. The average Bonchev–Trinajstić information content (AvgIpc) is 3.00. The summed E-state index contributed by atoms with van der Waals surface area (Å²) in [5.74, 6) is 1.71. The summed E-state index contributed by atoms with van der Waals surface area (Å²) in [6.45, 7) is 0.832. The summed E-state index contributed by atoms with van der Waals surface area (Å²) in [6.07, 6.45) is 4.94. The first kappa shape index (κ1) is 19.6. The Balaban J connectivity index is 1.54. The van der Waals surface area contributed by atoms with Crippen LogP contribution in [0.25, 0.3) is 0 Å². The van der Waals surface area contributed by atoms with Crippen LogP contribution in [0.15, 0.2) is 47.4 Å². The number of hydrogen-bond acceptors (Lipinski definition) is 4. The van der Waals surface area contributed by atoms with Crippen LogP contribution in [0.4, 0.5) is 5.69 Å². The largest absolute Gasteiger partial charge is 0.495 e. The molecule has 2 atom stereocenters. The highest BCUT2D eigenvalue weighted by molar-refractivity contribution is 7.89. The zero-order valence-corrected chi connectivity index (χ0v) is 17.4. The lowest BCUT2D eigenvalue weighted by atomic mass is 9.97. The standard InChI is InChI=1S/C21H25ClN2O3S/c1-27-19-9-6-15(22)12-18(19)24-13-17-20(21(17)10-2-3-11-21)14-4-7-16(8-5-14)28(23,25)26/h4-9,12,17,20,24H,2-3,10-11,13H2,1H3,(H2,23,25,26)/t17-,20-/m1/s1. The first-order valence-electron chi connectivity index (χ1n) is 9.55. The Morgan fingerprint density at radius 3 is 2.46 bits per heavy atom. The summed E-state index contributed by atoms with van der Waals surface area (Å²) < 4.78 is 28.5. The molecule has 2 aromatic carbocycles. The van der Waals surface area contributed by atoms with Crippen molar-refractivity contribution in [1.29, 1.82) is 0 Å². The van der Waals surface area contributed by atoms with E-state index < -0.39 is 10.0 Å². The Hall–Kier alpha value is -1.76. The molecule has 4 rings (SSSR count). The molecule has 0 amide bonds. The number of nitrogens with two attached hydrogens (primary N) is 1. The Bertz CT molecular complexity index is 970. The van der Waals surface area contributed by atoms with Crippen molar-refractivity contribution >= 4 is 27.3 Å². The van der Waals surface area contributed by atoms with Gasteiger partial charge in [-0.3, -0.25) is 0 Å². The zero-order valence-electron chi connectivity index (χ0n) is 15.8. The zero-order chi connectivity index (χ0) is 19.9. The van der Waals surface area contributed by atoms with E-state index in [0.717, 1.165) is 18.0 Å². The van der Waals surface area contributed by atoms with Crippen molar-refractivity contribution in [1.82, 2.24) is 0 Å². The number of primary sulfonamides is 1. The number of ether oxygens (including phenoxy) is 1. The predicted octanol–water partition coefficient (Wildman–Crippen LogP) is 4.38. The quantitative estimate of drug-likeness (QED) is 0.726. The molecule has 0 bridgehead atoms. The van der Waals surface area contributed by atoms with E-state index in [1.807, 2.05) is 30.3 Å². The average molecular weight is 421 g/mol. The van der Waals surface area contributed by atoms with Gasteiger partial charge in [0.2, 0.25) is 10.0 Å². The number of sulfonamides is 1. The minimum absolute atomic E-state index is 0.163. The number of rotatable bonds is 6. The molecule has 2 fully saturated rings. The second-order valence-electron chi connectivity index (χ2n) is 7.86. The van der Waals surface area contributed by atoms with Crippen molar-refractivity contribution in [2.24, 2.45) is 16.5 Å². The summed E-state index contributed by atoms with van der Waals surface area (Å²) in [5.41, 5.74) is 2.40. The van der Waals surface area contributed by atoms with Gasteiger partial charge < -0.3 is 10.1 Å². The highest BCUT2D eigenvalue weighted by atomic mass is 35.5. The van der Waals surface area contributed by atoms with E-state index in [4.69, 9.17) is 21.5 Å². The summed E-state index contributed by atoms with van der Waals surface area (Å²) >= 11 is 6.15.